The number of nitrogens with zero attached hydrogens (tertiary/aromatic N) is 2. The average Bonchev–Trinajstić information content (AvgIpc) is 3.18. The molecular weight excluding hydrogens is 395 g/mol. The van der Waals surface area contributed by atoms with Crippen molar-refractivity contribution >= 4 is 17.4 Å². The van der Waals surface area contributed by atoms with E-state index >= 15 is 0 Å². The number of likely N-dealkylation sites (tertiary alicyclic amines) is 1. The Morgan fingerprint density at radius 3 is 2.48 bits per heavy atom. The minimum absolute atomic E-state index is 0.0211. The van der Waals surface area contributed by atoms with Crippen molar-refractivity contribution in [1.82, 2.24) is 4.90 Å². The fourth-order valence-corrected chi connectivity index (χ4v) is 4.60. The number of amides is 1. The van der Waals surface area contributed by atoms with Gasteiger partial charge in [0.2, 0.25) is 5.91 Å². The lowest BCUT2D eigenvalue weighted by molar-refractivity contribution is -0.121. The summed E-state index contributed by atoms with van der Waals surface area (Å²) in [7, 11) is 0. The van der Waals surface area contributed by atoms with Gasteiger partial charge in [-0.25, -0.2) is 4.39 Å². The fraction of sp³-hybridized carbons (Fsp3) is 0.440. The number of rotatable bonds is 5. The quantitative estimate of drug-likeness (QED) is 0.746. The number of fused-ring (bicyclic) bond motifs is 1. The van der Waals surface area contributed by atoms with Crippen molar-refractivity contribution in [2.24, 2.45) is 5.92 Å². The number of piperidine rings is 1. The van der Waals surface area contributed by atoms with Crippen LogP contribution in [0.2, 0.25) is 0 Å². The first-order chi connectivity index (χ1) is 14.8. The first-order valence-corrected chi connectivity index (χ1v) is 11.0. The summed E-state index contributed by atoms with van der Waals surface area (Å²) in [6.45, 7) is 5.76. The van der Waals surface area contributed by atoms with Crippen LogP contribution in [0.25, 0.3) is 0 Å². The molecule has 0 spiro atoms. The molecule has 0 radical (unpaired) electrons. The van der Waals surface area contributed by atoms with Crippen LogP contribution in [0.15, 0.2) is 42.5 Å². The number of benzene rings is 2. The van der Waals surface area contributed by atoms with Crippen molar-refractivity contribution in [2.75, 3.05) is 31.1 Å². The summed E-state index contributed by atoms with van der Waals surface area (Å²) in [4.78, 5) is 29.1. The zero-order valence-electron chi connectivity index (χ0n) is 18.1. The normalized spacial score (nSPS) is 18.3. The number of Topliss-reactive ketones (excluding diaryl/α,β-unsaturated/α-hetero) is 1. The minimum atomic E-state index is -1.19. The highest BCUT2D eigenvalue weighted by Crippen LogP contribution is 2.34. The molecule has 1 amide bonds. The van der Waals surface area contributed by atoms with Crippen molar-refractivity contribution in [3.63, 3.8) is 0 Å². The Morgan fingerprint density at radius 1 is 1.10 bits per heavy atom. The van der Waals surface area contributed by atoms with Gasteiger partial charge in [0.15, 0.2) is 5.78 Å². The summed E-state index contributed by atoms with van der Waals surface area (Å²) < 4.78 is 14.1. The van der Waals surface area contributed by atoms with Crippen LogP contribution in [0.5, 0.6) is 0 Å². The van der Waals surface area contributed by atoms with E-state index in [9.17, 15) is 19.1 Å². The second-order valence-corrected chi connectivity index (χ2v) is 8.95. The van der Waals surface area contributed by atoms with Crippen LogP contribution >= 0.6 is 0 Å². The molecule has 0 aromatic heterocycles. The SMILES string of the molecule is CC(C)C(=O)N1CCc2cc(C(=O)CN3CCC(O)(c4ccccc4F)CC3)ccc21. The van der Waals surface area contributed by atoms with Crippen molar-refractivity contribution in [2.45, 2.75) is 38.7 Å². The largest absolute Gasteiger partial charge is 0.385 e. The number of ketones is 1. The molecule has 2 heterocycles. The fourth-order valence-electron chi connectivity index (χ4n) is 4.60. The first-order valence-electron chi connectivity index (χ1n) is 11.0. The van der Waals surface area contributed by atoms with Crippen LogP contribution in [-0.2, 0) is 16.8 Å². The molecule has 0 atom stereocenters. The Bertz CT molecular complexity index is 996. The standard InChI is InChI=1S/C25H29FN2O3/c1-17(2)24(30)28-12-9-18-15-19(7-8-22(18)28)23(29)16-27-13-10-25(31,11-14-27)20-5-3-4-6-21(20)26/h3-8,15,17,31H,9-14,16H2,1-2H3. The first kappa shape index (κ1) is 21.7. The van der Waals surface area contributed by atoms with Gasteiger partial charge in [-0.1, -0.05) is 32.0 Å². The van der Waals surface area contributed by atoms with Gasteiger partial charge in [-0.15, -0.1) is 0 Å². The summed E-state index contributed by atoms with van der Waals surface area (Å²) in [5, 5.41) is 10.9. The monoisotopic (exact) mass is 424 g/mol. The van der Waals surface area contributed by atoms with Crippen molar-refractivity contribution in [3.05, 3.63) is 65.0 Å². The Hall–Kier alpha value is -2.57. The average molecular weight is 425 g/mol. The third kappa shape index (κ3) is 4.27. The van der Waals surface area contributed by atoms with Crippen LogP contribution < -0.4 is 4.90 Å². The molecule has 0 aliphatic carbocycles. The minimum Gasteiger partial charge on any atom is -0.385 e. The van der Waals surface area contributed by atoms with E-state index in [1.54, 1.807) is 24.3 Å². The highest BCUT2D eigenvalue weighted by atomic mass is 19.1. The Morgan fingerprint density at radius 2 is 1.81 bits per heavy atom. The molecule has 0 bridgehead atoms. The molecule has 0 saturated carbocycles. The third-order valence-electron chi connectivity index (χ3n) is 6.48. The van der Waals surface area contributed by atoms with Gasteiger partial charge in [0.1, 0.15) is 5.82 Å². The van der Waals surface area contributed by atoms with E-state index in [4.69, 9.17) is 0 Å². The maximum atomic E-state index is 14.1. The number of carbonyl (C=O) groups is 2. The topological polar surface area (TPSA) is 60.9 Å². The van der Waals surface area contributed by atoms with Gasteiger partial charge >= 0.3 is 0 Å². The lowest BCUT2D eigenvalue weighted by Crippen LogP contribution is -2.44. The van der Waals surface area contributed by atoms with Gasteiger partial charge in [-0.2, -0.15) is 0 Å². The van der Waals surface area contributed by atoms with E-state index in [2.05, 4.69) is 0 Å². The number of halogens is 1. The molecule has 5 nitrogen and oxygen atoms in total. The number of carbonyl (C=O) groups excluding carboxylic acids is 2. The number of hydrogen-bond donors (Lipinski definition) is 1. The number of aliphatic hydroxyl groups is 1. The van der Waals surface area contributed by atoms with Gasteiger partial charge in [0.25, 0.3) is 0 Å². The zero-order valence-corrected chi connectivity index (χ0v) is 18.1. The van der Waals surface area contributed by atoms with Gasteiger partial charge in [-0.3, -0.25) is 14.5 Å². The lowest BCUT2D eigenvalue weighted by Gasteiger charge is -2.38. The Kier molecular flexibility index (Phi) is 5.95. The van der Waals surface area contributed by atoms with Crippen molar-refractivity contribution in [3.8, 4) is 0 Å². The Labute approximate surface area is 182 Å². The van der Waals surface area contributed by atoms with Gasteiger partial charge in [0, 0.05) is 42.4 Å². The van der Waals surface area contributed by atoms with Crippen molar-refractivity contribution < 1.29 is 19.1 Å². The molecule has 31 heavy (non-hydrogen) atoms. The van der Waals surface area contributed by atoms with Crippen LogP contribution in [0.4, 0.5) is 10.1 Å². The van der Waals surface area contributed by atoms with Crippen molar-refractivity contribution in [1.29, 1.82) is 0 Å². The van der Waals surface area contributed by atoms with Gasteiger partial charge in [0.05, 0.1) is 12.1 Å². The molecule has 164 valence electrons. The predicted molar refractivity (Wildman–Crippen MR) is 118 cm³/mol. The van der Waals surface area contributed by atoms with E-state index in [0.29, 0.717) is 43.6 Å². The molecule has 2 aromatic rings. The van der Waals surface area contributed by atoms with E-state index in [-0.39, 0.29) is 24.2 Å². The highest BCUT2D eigenvalue weighted by Gasteiger charge is 2.36. The highest BCUT2D eigenvalue weighted by molar-refractivity contribution is 6.00. The molecule has 1 fully saturated rings. The second kappa shape index (κ2) is 8.52. The molecule has 4 rings (SSSR count). The summed E-state index contributed by atoms with van der Waals surface area (Å²) in [5.41, 5.74) is 1.73. The third-order valence-corrected chi connectivity index (χ3v) is 6.48. The zero-order chi connectivity index (χ0) is 22.2. The molecule has 1 N–H and O–H groups in total. The molecule has 2 aliphatic heterocycles. The molecule has 6 heteroatoms. The van der Waals surface area contributed by atoms with Crippen LogP contribution in [-0.4, -0.2) is 47.9 Å². The van der Waals surface area contributed by atoms with E-state index < -0.39 is 11.4 Å². The maximum Gasteiger partial charge on any atom is 0.229 e. The number of hydrogen-bond acceptors (Lipinski definition) is 4. The smallest absolute Gasteiger partial charge is 0.229 e. The predicted octanol–water partition coefficient (Wildman–Crippen LogP) is 3.54. The van der Waals surface area contributed by atoms with Gasteiger partial charge < -0.3 is 10.0 Å². The second-order valence-electron chi connectivity index (χ2n) is 8.95. The van der Waals surface area contributed by atoms with E-state index in [0.717, 1.165) is 17.7 Å². The summed E-state index contributed by atoms with van der Waals surface area (Å²) in [6, 6.07) is 11.9. The lowest BCUT2D eigenvalue weighted by atomic mass is 9.84. The summed E-state index contributed by atoms with van der Waals surface area (Å²) in [6.07, 6.45) is 1.53. The van der Waals surface area contributed by atoms with Gasteiger partial charge in [-0.05, 0) is 49.1 Å². The molecule has 2 aromatic carbocycles. The summed E-state index contributed by atoms with van der Waals surface area (Å²) >= 11 is 0. The van der Waals surface area contributed by atoms with Crippen LogP contribution in [0.1, 0.15) is 48.2 Å². The van der Waals surface area contributed by atoms with E-state index in [1.807, 2.05) is 35.8 Å². The molecular formula is C25H29FN2O3. The molecule has 0 unspecified atom stereocenters. The molecule has 1 saturated heterocycles. The Balaban J connectivity index is 1.39. The maximum absolute atomic E-state index is 14.1. The summed E-state index contributed by atoms with van der Waals surface area (Å²) in [5.74, 6) is -0.326. The van der Waals surface area contributed by atoms with Crippen LogP contribution in [0.3, 0.4) is 0 Å². The number of anilines is 1. The van der Waals surface area contributed by atoms with E-state index in [1.165, 1.54) is 6.07 Å². The van der Waals surface area contributed by atoms with Crippen LogP contribution in [0, 0.1) is 11.7 Å². The molecule has 2 aliphatic rings.